The van der Waals surface area contributed by atoms with Gasteiger partial charge >= 0.3 is 17.9 Å². The van der Waals surface area contributed by atoms with E-state index in [-0.39, 0.29) is 37.5 Å². The number of hydrogen-bond donors (Lipinski definition) is 0. The minimum absolute atomic E-state index is 0.107. The largest absolute Gasteiger partial charge is 0.462 e. The van der Waals surface area contributed by atoms with Crippen LogP contribution in [0.15, 0.2) is 97.2 Å². The van der Waals surface area contributed by atoms with E-state index in [0.717, 1.165) is 116 Å². The van der Waals surface area contributed by atoms with Gasteiger partial charge in [-0.3, -0.25) is 14.4 Å². The predicted molar refractivity (Wildman–Crippen MR) is 270 cm³/mol. The van der Waals surface area contributed by atoms with Crippen molar-refractivity contribution in [1.29, 1.82) is 0 Å². The molecule has 0 aliphatic heterocycles. The summed E-state index contributed by atoms with van der Waals surface area (Å²) in [7, 11) is 0. The van der Waals surface area contributed by atoms with Crippen LogP contribution < -0.4 is 0 Å². The Labute approximate surface area is 387 Å². The Morgan fingerprint density at radius 3 is 1.08 bits per heavy atom. The van der Waals surface area contributed by atoms with Crippen molar-refractivity contribution in [2.75, 3.05) is 13.2 Å². The fourth-order valence-corrected chi connectivity index (χ4v) is 6.68. The van der Waals surface area contributed by atoms with Gasteiger partial charge in [0, 0.05) is 19.3 Å². The lowest BCUT2D eigenvalue weighted by Gasteiger charge is -2.18. The maximum atomic E-state index is 12.8. The Bertz CT molecular complexity index is 1280. The van der Waals surface area contributed by atoms with Gasteiger partial charge in [0.15, 0.2) is 6.10 Å². The fraction of sp³-hybridized carbons (Fsp3) is 0.667. The fourth-order valence-electron chi connectivity index (χ4n) is 6.68. The molecular weight excluding hydrogens is 781 g/mol. The van der Waals surface area contributed by atoms with Crippen LogP contribution in [0.3, 0.4) is 0 Å². The smallest absolute Gasteiger partial charge is 0.306 e. The summed E-state index contributed by atoms with van der Waals surface area (Å²) in [6.45, 7) is 6.40. The summed E-state index contributed by atoms with van der Waals surface area (Å²) in [4.78, 5) is 37.9. The van der Waals surface area contributed by atoms with Gasteiger partial charge in [-0.1, -0.05) is 189 Å². The maximum Gasteiger partial charge on any atom is 0.306 e. The quantitative estimate of drug-likeness (QED) is 0.0262. The SMILES string of the molecule is CC/C=C\C/C=C\C/C=C\CCCCCCCC(=O)O[C@H](COC(=O)CCC/C=C\C/C=C\C/C=C\C/C=C\CCCCC)COC(=O)CCCCCCC/C=C\CCCCCC. The first-order valence-corrected chi connectivity index (χ1v) is 25.7. The molecule has 0 saturated heterocycles. The predicted octanol–water partition coefficient (Wildman–Crippen LogP) is 17.0. The zero-order valence-corrected chi connectivity index (χ0v) is 40.8. The van der Waals surface area contributed by atoms with E-state index < -0.39 is 6.10 Å². The lowest BCUT2D eigenvalue weighted by Crippen LogP contribution is -2.30. The Morgan fingerprint density at radius 2 is 0.635 bits per heavy atom. The molecule has 0 aliphatic rings. The molecule has 358 valence electrons. The third kappa shape index (κ3) is 49.2. The molecule has 0 heterocycles. The van der Waals surface area contributed by atoms with Crippen molar-refractivity contribution >= 4 is 17.9 Å². The highest BCUT2D eigenvalue weighted by atomic mass is 16.6. The van der Waals surface area contributed by atoms with E-state index in [4.69, 9.17) is 14.2 Å². The molecule has 0 fully saturated rings. The van der Waals surface area contributed by atoms with E-state index in [1.807, 2.05) is 0 Å². The molecule has 6 nitrogen and oxygen atoms in total. The summed E-state index contributed by atoms with van der Waals surface area (Å²) in [6.07, 6.45) is 66.8. The highest BCUT2D eigenvalue weighted by molar-refractivity contribution is 5.71. The van der Waals surface area contributed by atoms with Gasteiger partial charge in [0.2, 0.25) is 0 Å². The maximum absolute atomic E-state index is 12.8. The van der Waals surface area contributed by atoms with Gasteiger partial charge in [0.25, 0.3) is 0 Å². The molecule has 0 amide bonds. The van der Waals surface area contributed by atoms with Gasteiger partial charge in [-0.2, -0.15) is 0 Å². The highest BCUT2D eigenvalue weighted by Crippen LogP contribution is 2.13. The van der Waals surface area contributed by atoms with Gasteiger partial charge in [-0.25, -0.2) is 0 Å². The van der Waals surface area contributed by atoms with Gasteiger partial charge in [-0.15, -0.1) is 0 Å². The summed E-state index contributed by atoms with van der Waals surface area (Å²) in [6, 6.07) is 0. The first-order chi connectivity index (χ1) is 31.0. The second kappa shape index (κ2) is 51.0. The number of carbonyl (C=O) groups is 3. The summed E-state index contributed by atoms with van der Waals surface area (Å²) >= 11 is 0. The molecule has 0 radical (unpaired) electrons. The van der Waals surface area contributed by atoms with Crippen molar-refractivity contribution in [3.05, 3.63) is 97.2 Å². The zero-order valence-electron chi connectivity index (χ0n) is 40.8. The Hall–Kier alpha value is -3.67. The molecule has 0 saturated carbocycles. The molecule has 0 unspecified atom stereocenters. The molecule has 0 rings (SSSR count). The van der Waals surface area contributed by atoms with E-state index in [1.165, 1.54) is 64.2 Å². The monoisotopic (exact) mass is 875 g/mol. The average Bonchev–Trinajstić information content (AvgIpc) is 3.28. The molecule has 0 spiro atoms. The lowest BCUT2D eigenvalue weighted by molar-refractivity contribution is -0.167. The van der Waals surface area contributed by atoms with Gasteiger partial charge in [-0.05, 0) is 116 Å². The van der Waals surface area contributed by atoms with Crippen molar-refractivity contribution in [2.24, 2.45) is 0 Å². The minimum atomic E-state index is -0.812. The first-order valence-electron chi connectivity index (χ1n) is 25.7. The van der Waals surface area contributed by atoms with Gasteiger partial charge < -0.3 is 14.2 Å². The second-order valence-electron chi connectivity index (χ2n) is 16.7. The number of esters is 3. The Balaban J connectivity index is 4.52. The zero-order chi connectivity index (χ0) is 45.8. The van der Waals surface area contributed by atoms with Crippen LogP contribution in [0.1, 0.15) is 226 Å². The number of ether oxygens (including phenoxy) is 3. The topological polar surface area (TPSA) is 78.9 Å². The number of hydrogen-bond acceptors (Lipinski definition) is 6. The number of rotatable bonds is 45. The van der Waals surface area contributed by atoms with Crippen LogP contribution in [0.5, 0.6) is 0 Å². The van der Waals surface area contributed by atoms with Crippen LogP contribution in [0.2, 0.25) is 0 Å². The van der Waals surface area contributed by atoms with Crippen LogP contribution in [0.25, 0.3) is 0 Å². The molecule has 0 aliphatic carbocycles. The second-order valence-corrected chi connectivity index (χ2v) is 16.7. The lowest BCUT2D eigenvalue weighted by atomic mass is 10.1. The average molecular weight is 875 g/mol. The number of allylic oxidation sites excluding steroid dienone is 16. The van der Waals surface area contributed by atoms with Crippen molar-refractivity contribution in [1.82, 2.24) is 0 Å². The first kappa shape index (κ1) is 59.3. The molecule has 63 heavy (non-hydrogen) atoms. The van der Waals surface area contributed by atoms with Crippen LogP contribution in [-0.4, -0.2) is 37.2 Å². The standard InChI is InChI=1S/C57H94O6/c1-4-7-10-13-16-19-22-25-27-28-30-32-35-38-41-44-47-50-56(59)62-53-54(52-61-55(58)49-46-43-40-37-34-31-24-21-18-15-12-9-6-3)63-57(60)51-48-45-42-39-36-33-29-26-23-20-17-14-11-8-5-2/h8,11,16-17,19-21,24-27,29-30,32,38,41,54H,4-7,9-10,12-15,18,22-23,28,31,33-37,39-40,42-53H2,1-3H3/b11-8-,19-16-,20-17-,24-21-,27-25-,29-26-,32-30-,41-38-/t54-/m0/s1. The van der Waals surface area contributed by atoms with Crippen LogP contribution in [-0.2, 0) is 28.6 Å². The van der Waals surface area contributed by atoms with E-state index in [2.05, 4.69) is 118 Å². The van der Waals surface area contributed by atoms with E-state index in [1.54, 1.807) is 0 Å². The van der Waals surface area contributed by atoms with Gasteiger partial charge in [0.05, 0.1) is 0 Å². The van der Waals surface area contributed by atoms with Crippen molar-refractivity contribution in [3.63, 3.8) is 0 Å². The molecule has 0 N–H and O–H groups in total. The molecule has 0 aromatic heterocycles. The van der Waals surface area contributed by atoms with Crippen LogP contribution in [0, 0.1) is 0 Å². The summed E-state index contributed by atoms with van der Waals surface area (Å²) in [5, 5.41) is 0. The molecule has 6 heteroatoms. The van der Waals surface area contributed by atoms with Gasteiger partial charge in [0.1, 0.15) is 13.2 Å². The van der Waals surface area contributed by atoms with Crippen LogP contribution in [0.4, 0.5) is 0 Å². The minimum Gasteiger partial charge on any atom is -0.462 e. The van der Waals surface area contributed by atoms with Crippen molar-refractivity contribution < 1.29 is 28.6 Å². The summed E-state index contributed by atoms with van der Waals surface area (Å²) in [5.41, 5.74) is 0. The third-order valence-corrected chi connectivity index (χ3v) is 10.5. The normalized spacial score (nSPS) is 12.9. The van der Waals surface area contributed by atoms with Crippen LogP contribution >= 0.6 is 0 Å². The van der Waals surface area contributed by atoms with E-state index in [0.29, 0.717) is 19.3 Å². The molecular formula is C57H94O6. The van der Waals surface area contributed by atoms with Crippen molar-refractivity contribution in [2.45, 2.75) is 232 Å². The van der Waals surface area contributed by atoms with Crippen molar-refractivity contribution in [3.8, 4) is 0 Å². The molecule has 0 aromatic rings. The Morgan fingerprint density at radius 1 is 0.333 bits per heavy atom. The van der Waals surface area contributed by atoms with E-state index >= 15 is 0 Å². The number of carbonyl (C=O) groups excluding carboxylic acids is 3. The summed E-state index contributed by atoms with van der Waals surface area (Å²) in [5.74, 6) is -0.995. The molecule has 1 atom stereocenters. The van der Waals surface area contributed by atoms with E-state index in [9.17, 15) is 14.4 Å². The molecule has 0 bridgehead atoms. The number of unbranched alkanes of at least 4 members (excludes halogenated alkanes) is 18. The third-order valence-electron chi connectivity index (χ3n) is 10.5. The molecule has 0 aromatic carbocycles. The highest BCUT2D eigenvalue weighted by Gasteiger charge is 2.19. The Kier molecular flexibility index (Phi) is 48.0. The summed E-state index contributed by atoms with van der Waals surface area (Å²) < 4.78 is 16.7.